The van der Waals surface area contributed by atoms with Gasteiger partial charge in [-0.05, 0) is 12.1 Å². The van der Waals surface area contributed by atoms with E-state index in [-0.39, 0.29) is 10.8 Å². The number of aromatic amines is 1. The number of amides is 1. The Kier molecular flexibility index (Phi) is 2.85. The fraction of sp³-hybridized carbons (Fsp3) is 0. The summed E-state index contributed by atoms with van der Waals surface area (Å²) in [6.45, 7) is 0. The number of hydrogen-bond donors (Lipinski definition) is 2. The Balaban J connectivity index is 1.84. The van der Waals surface area contributed by atoms with Crippen molar-refractivity contribution >= 4 is 34.5 Å². The maximum atomic E-state index is 11.9. The Morgan fingerprint density at radius 2 is 2.05 bits per heavy atom. The van der Waals surface area contributed by atoms with E-state index in [1.54, 1.807) is 0 Å². The Bertz CT molecular complexity index is 704. The van der Waals surface area contributed by atoms with Gasteiger partial charge < -0.3 is 4.98 Å². The Hall–Kier alpha value is -2.47. The second-order valence-corrected chi connectivity index (χ2v) is 4.17. The predicted octanol–water partition coefficient (Wildman–Crippen LogP) is 2.26. The Morgan fingerprint density at radius 1 is 1.21 bits per heavy atom. The van der Waals surface area contributed by atoms with Gasteiger partial charge in [0.05, 0.1) is 23.4 Å². The van der Waals surface area contributed by atoms with Crippen LogP contribution in [0.3, 0.4) is 0 Å². The zero-order valence-corrected chi connectivity index (χ0v) is 10.3. The molecule has 1 aromatic carbocycles. The third-order valence-electron chi connectivity index (χ3n) is 2.47. The molecule has 2 aromatic heterocycles. The highest BCUT2D eigenvalue weighted by Gasteiger charge is 2.10. The van der Waals surface area contributed by atoms with Crippen LogP contribution in [0.1, 0.15) is 10.5 Å². The number of imidazole rings is 1. The number of carbonyl (C=O) groups is 1. The summed E-state index contributed by atoms with van der Waals surface area (Å²) in [6.07, 6.45) is 2.62. The SMILES string of the molecule is O=C(Nc1nc2ccccc2[nH]1)c1cnc(Cl)cn1. The summed E-state index contributed by atoms with van der Waals surface area (Å²) in [5.74, 6) is -0.0360. The van der Waals surface area contributed by atoms with Gasteiger partial charge in [-0.2, -0.15) is 0 Å². The number of para-hydroxylation sites is 2. The van der Waals surface area contributed by atoms with E-state index in [9.17, 15) is 4.79 Å². The Labute approximate surface area is 112 Å². The molecule has 0 aliphatic carbocycles. The van der Waals surface area contributed by atoms with Crippen molar-refractivity contribution in [2.75, 3.05) is 5.32 Å². The van der Waals surface area contributed by atoms with Crippen molar-refractivity contribution in [1.82, 2.24) is 19.9 Å². The first-order valence-electron chi connectivity index (χ1n) is 5.46. The number of carbonyl (C=O) groups excluding carboxylic acids is 1. The third-order valence-corrected chi connectivity index (χ3v) is 2.67. The molecule has 2 N–H and O–H groups in total. The van der Waals surface area contributed by atoms with Gasteiger partial charge in [0.2, 0.25) is 5.95 Å². The smallest absolute Gasteiger partial charge is 0.278 e. The number of fused-ring (bicyclic) bond motifs is 1. The van der Waals surface area contributed by atoms with E-state index in [1.807, 2.05) is 24.3 Å². The van der Waals surface area contributed by atoms with Gasteiger partial charge in [-0.3, -0.25) is 10.1 Å². The zero-order chi connectivity index (χ0) is 13.2. The maximum Gasteiger partial charge on any atom is 0.278 e. The lowest BCUT2D eigenvalue weighted by atomic mass is 10.3. The van der Waals surface area contributed by atoms with Crippen LogP contribution in [0.2, 0.25) is 5.15 Å². The van der Waals surface area contributed by atoms with Crippen molar-refractivity contribution in [3.05, 3.63) is 47.5 Å². The molecule has 0 atom stereocenters. The van der Waals surface area contributed by atoms with E-state index >= 15 is 0 Å². The normalized spacial score (nSPS) is 10.6. The molecule has 3 rings (SSSR count). The average molecular weight is 274 g/mol. The fourth-order valence-corrected chi connectivity index (χ4v) is 1.71. The van der Waals surface area contributed by atoms with Crippen LogP contribution in [-0.2, 0) is 0 Å². The fourth-order valence-electron chi connectivity index (χ4n) is 1.61. The van der Waals surface area contributed by atoms with Crippen LogP contribution in [0.25, 0.3) is 11.0 Å². The van der Waals surface area contributed by atoms with Gasteiger partial charge in [-0.1, -0.05) is 23.7 Å². The summed E-state index contributed by atoms with van der Waals surface area (Å²) in [6, 6.07) is 7.49. The van der Waals surface area contributed by atoms with Gasteiger partial charge in [0.1, 0.15) is 10.8 Å². The first-order valence-corrected chi connectivity index (χ1v) is 5.84. The van der Waals surface area contributed by atoms with E-state index in [4.69, 9.17) is 11.6 Å². The average Bonchev–Trinajstić information content (AvgIpc) is 2.81. The monoisotopic (exact) mass is 273 g/mol. The van der Waals surface area contributed by atoms with E-state index < -0.39 is 5.91 Å². The van der Waals surface area contributed by atoms with Gasteiger partial charge in [0.15, 0.2) is 0 Å². The molecular weight excluding hydrogens is 266 g/mol. The molecule has 94 valence electrons. The van der Waals surface area contributed by atoms with Crippen LogP contribution in [0.15, 0.2) is 36.7 Å². The number of rotatable bonds is 2. The van der Waals surface area contributed by atoms with Crippen LogP contribution < -0.4 is 5.32 Å². The molecule has 0 fully saturated rings. The molecule has 0 radical (unpaired) electrons. The number of benzene rings is 1. The van der Waals surface area contributed by atoms with Gasteiger partial charge >= 0.3 is 0 Å². The molecule has 2 heterocycles. The maximum absolute atomic E-state index is 11.9. The van der Waals surface area contributed by atoms with Crippen molar-refractivity contribution in [3.63, 3.8) is 0 Å². The van der Waals surface area contributed by atoms with Crippen LogP contribution in [0.5, 0.6) is 0 Å². The molecule has 0 unspecified atom stereocenters. The molecule has 3 aromatic rings. The summed E-state index contributed by atoms with van der Waals surface area (Å²) in [4.78, 5) is 26.8. The highest BCUT2D eigenvalue weighted by molar-refractivity contribution is 6.29. The lowest BCUT2D eigenvalue weighted by Crippen LogP contribution is -2.14. The standard InChI is InChI=1S/C12H8ClN5O/c13-10-6-14-9(5-15-10)11(19)18-12-16-7-3-1-2-4-8(7)17-12/h1-6H,(H2,16,17,18,19). The first kappa shape index (κ1) is 11.6. The molecule has 0 aliphatic heterocycles. The summed E-state index contributed by atoms with van der Waals surface area (Å²) in [5, 5.41) is 2.85. The van der Waals surface area contributed by atoms with Crippen molar-refractivity contribution in [2.24, 2.45) is 0 Å². The second kappa shape index (κ2) is 4.66. The largest absolute Gasteiger partial charge is 0.324 e. The second-order valence-electron chi connectivity index (χ2n) is 3.78. The summed E-state index contributed by atoms with van der Waals surface area (Å²) >= 11 is 5.61. The minimum Gasteiger partial charge on any atom is -0.324 e. The lowest BCUT2D eigenvalue weighted by Gasteiger charge is -2.00. The third kappa shape index (κ3) is 2.38. The number of aromatic nitrogens is 4. The highest BCUT2D eigenvalue weighted by atomic mass is 35.5. The molecule has 0 saturated heterocycles. The molecule has 0 bridgehead atoms. The number of hydrogen-bond acceptors (Lipinski definition) is 4. The molecule has 7 heteroatoms. The van der Waals surface area contributed by atoms with Gasteiger partial charge in [0.25, 0.3) is 5.91 Å². The zero-order valence-electron chi connectivity index (χ0n) is 9.59. The van der Waals surface area contributed by atoms with Gasteiger partial charge in [-0.15, -0.1) is 0 Å². The topological polar surface area (TPSA) is 83.6 Å². The van der Waals surface area contributed by atoms with Crippen LogP contribution in [0.4, 0.5) is 5.95 Å². The molecule has 0 spiro atoms. The Morgan fingerprint density at radius 3 is 2.79 bits per heavy atom. The van der Waals surface area contributed by atoms with E-state index in [1.165, 1.54) is 12.4 Å². The minimum atomic E-state index is -0.400. The van der Waals surface area contributed by atoms with Crippen LogP contribution in [-0.4, -0.2) is 25.8 Å². The molecule has 0 aliphatic rings. The van der Waals surface area contributed by atoms with E-state index in [0.29, 0.717) is 5.95 Å². The van der Waals surface area contributed by atoms with Crippen molar-refractivity contribution < 1.29 is 4.79 Å². The number of H-pyrrole nitrogens is 1. The van der Waals surface area contributed by atoms with Gasteiger partial charge in [0, 0.05) is 0 Å². The van der Waals surface area contributed by atoms with E-state index in [0.717, 1.165) is 11.0 Å². The summed E-state index contributed by atoms with van der Waals surface area (Å²) in [7, 11) is 0. The summed E-state index contributed by atoms with van der Waals surface area (Å²) in [5.41, 5.74) is 1.80. The number of nitrogens with one attached hydrogen (secondary N) is 2. The van der Waals surface area contributed by atoms with Crippen LogP contribution in [0, 0.1) is 0 Å². The predicted molar refractivity (Wildman–Crippen MR) is 71.1 cm³/mol. The number of halogens is 1. The quantitative estimate of drug-likeness (QED) is 0.750. The molecular formula is C12H8ClN5O. The van der Waals surface area contributed by atoms with E-state index in [2.05, 4.69) is 25.3 Å². The van der Waals surface area contributed by atoms with Crippen molar-refractivity contribution in [1.29, 1.82) is 0 Å². The number of nitrogens with zero attached hydrogens (tertiary/aromatic N) is 3. The molecule has 19 heavy (non-hydrogen) atoms. The first-order chi connectivity index (χ1) is 9.22. The highest BCUT2D eigenvalue weighted by Crippen LogP contribution is 2.13. The molecule has 1 amide bonds. The lowest BCUT2D eigenvalue weighted by molar-refractivity contribution is 0.102. The van der Waals surface area contributed by atoms with Crippen LogP contribution >= 0.6 is 11.6 Å². The van der Waals surface area contributed by atoms with Crippen molar-refractivity contribution in [3.8, 4) is 0 Å². The van der Waals surface area contributed by atoms with Gasteiger partial charge in [-0.25, -0.2) is 15.0 Å². The molecule has 6 nitrogen and oxygen atoms in total. The summed E-state index contributed by atoms with van der Waals surface area (Å²) < 4.78 is 0. The number of anilines is 1. The minimum absolute atomic E-state index is 0.171. The van der Waals surface area contributed by atoms with Crippen molar-refractivity contribution in [2.45, 2.75) is 0 Å². The molecule has 0 saturated carbocycles.